The Hall–Kier alpha value is -3.36. The summed E-state index contributed by atoms with van der Waals surface area (Å²) in [6, 6.07) is 7.54. The number of fused-ring (bicyclic) bond motifs is 1. The van der Waals surface area contributed by atoms with E-state index < -0.39 is 17.2 Å². The first kappa shape index (κ1) is 18.4. The number of ether oxygens (including phenoxy) is 2. The molecule has 0 bridgehead atoms. The third-order valence-electron chi connectivity index (χ3n) is 4.15. The first-order valence-electron chi connectivity index (χ1n) is 8.34. The standard InChI is InChI=1S/C18H20N4O5/c1-12-4-6-13(7-5-12)26-8-9-27-14(23)10-22-11-19-16-15(22)17(24)21(3)18(25)20(16)2/h4-7,11H,8-10H2,1-3H3. The van der Waals surface area contributed by atoms with Crippen molar-refractivity contribution in [2.24, 2.45) is 14.1 Å². The third kappa shape index (κ3) is 3.76. The molecular weight excluding hydrogens is 352 g/mol. The molecule has 0 aliphatic rings. The van der Waals surface area contributed by atoms with E-state index in [2.05, 4.69) is 4.98 Å². The molecule has 3 aromatic rings. The highest BCUT2D eigenvalue weighted by Gasteiger charge is 2.16. The first-order valence-corrected chi connectivity index (χ1v) is 8.34. The molecule has 1 aromatic carbocycles. The van der Waals surface area contributed by atoms with E-state index in [0.717, 1.165) is 10.1 Å². The van der Waals surface area contributed by atoms with Gasteiger partial charge in [0.2, 0.25) is 0 Å². The van der Waals surface area contributed by atoms with E-state index in [-0.39, 0.29) is 30.9 Å². The highest BCUT2D eigenvalue weighted by Crippen LogP contribution is 2.11. The molecule has 0 atom stereocenters. The Labute approximate surface area is 154 Å². The van der Waals surface area contributed by atoms with Crippen molar-refractivity contribution < 1.29 is 14.3 Å². The lowest BCUT2D eigenvalue weighted by atomic mass is 10.2. The molecule has 27 heavy (non-hydrogen) atoms. The molecule has 0 unspecified atom stereocenters. The van der Waals surface area contributed by atoms with Crippen LogP contribution in [-0.4, -0.2) is 37.9 Å². The van der Waals surface area contributed by atoms with Crippen LogP contribution in [0.15, 0.2) is 40.2 Å². The van der Waals surface area contributed by atoms with Crippen LogP contribution in [-0.2, 0) is 30.2 Å². The van der Waals surface area contributed by atoms with E-state index in [1.807, 2.05) is 31.2 Å². The highest BCUT2D eigenvalue weighted by molar-refractivity contribution is 5.75. The number of benzene rings is 1. The topological polar surface area (TPSA) is 97.3 Å². The van der Waals surface area contributed by atoms with Gasteiger partial charge in [-0.3, -0.25) is 18.7 Å². The van der Waals surface area contributed by atoms with E-state index >= 15 is 0 Å². The second kappa shape index (κ2) is 7.48. The van der Waals surface area contributed by atoms with Gasteiger partial charge in [0, 0.05) is 14.1 Å². The summed E-state index contributed by atoms with van der Waals surface area (Å²) in [4.78, 5) is 40.4. The largest absolute Gasteiger partial charge is 0.490 e. The minimum Gasteiger partial charge on any atom is -0.490 e. The summed E-state index contributed by atoms with van der Waals surface area (Å²) in [5.74, 6) is 0.166. The zero-order chi connectivity index (χ0) is 19.6. The van der Waals surface area contributed by atoms with Crippen LogP contribution in [0.3, 0.4) is 0 Å². The van der Waals surface area contributed by atoms with E-state index in [4.69, 9.17) is 9.47 Å². The van der Waals surface area contributed by atoms with Crippen LogP contribution in [0.5, 0.6) is 5.75 Å². The van der Waals surface area contributed by atoms with E-state index in [9.17, 15) is 14.4 Å². The number of hydrogen-bond acceptors (Lipinski definition) is 6. The quantitative estimate of drug-likeness (QED) is 0.458. The minimum absolute atomic E-state index is 0.0792. The number of esters is 1. The van der Waals surface area contributed by atoms with Crippen LogP contribution in [0.2, 0.25) is 0 Å². The van der Waals surface area contributed by atoms with Crippen LogP contribution >= 0.6 is 0 Å². The van der Waals surface area contributed by atoms with Crippen molar-refractivity contribution in [3.8, 4) is 5.75 Å². The molecule has 0 saturated heterocycles. The van der Waals surface area contributed by atoms with Crippen LogP contribution in [0, 0.1) is 6.92 Å². The van der Waals surface area contributed by atoms with Crippen LogP contribution in [0.4, 0.5) is 0 Å². The molecule has 142 valence electrons. The lowest BCUT2D eigenvalue weighted by Gasteiger charge is -2.09. The van der Waals surface area contributed by atoms with Gasteiger partial charge in [0.1, 0.15) is 25.5 Å². The number of rotatable bonds is 6. The zero-order valence-electron chi connectivity index (χ0n) is 15.3. The molecule has 2 aromatic heterocycles. The number of aromatic nitrogens is 4. The molecule has 0 saturated carbocycles. The number of nitrogens with zero attached hydrogens (tertiary/aromatic N) is 4. The molecule has 0 spiro atoms. The summed E-state index contributed by atoms with van der Waals surface area (Å²) in [5.41, 5.74) is 0.533. The molecule has 0 radical (unpaired) electrons. The lowest BCUT2D eigenvalue weighted by molar-refractivity contribution is -0.145. The van der Waals surface area contributed by atoms with Crippen molar-refractivity contribution in [1.82, 2.24) is 18.7 Å². The van der Waals surface area contributed by atoms with Gasteiger partial charge in [-0.1, -0.05) is 17.7 Å². The molecule has 0 aliphatic heterocycles. The molecule has 2 heterocycles. The van der Waals surface area contributed by atoms with Gasteiger partial charge in [-0.25, -0.2) is 9.78 Å². The number of carbonyl (C=O) groups is 1. The normalized spacial score (nSPS) is 10.9. The van der Waals surface area contributed by atoms with Gasteiger partial charge in [-0.05, 0) is 19.1 Å². The SMILES string of the molecule is Cc1ccc(OCCOC(=O)Cn2cnc3c2c(=O)n(C)c(=O)n3C)cc1. The molecular formula is C18H20N4O5. The molecule has 0 N–H and O–H groups in total. The average molecular weight is 372 g/mol. The van der Waals surface area contributed by atoms with E-state index in [1.54, 1.807) is 0 Å². The summed E-state index contributed by atoms with van der Waals surface area (Å²) >= 11 is 0. The fourth-order valence-electron chi connectivity index (χ4n) is 2.65. The molecule has 0 fully saturated rings. The van der Waals surface area contributed by atoms with E-state index in [0.29, 0.717) is 5.75 Å². The summed E-state index contributed by atoms with van der Waals surface area (Å²) in [6.07, 6.45) is 1.34. The summed E-state index contributed by atoms with van der Waals surface area (Å²) < 4.78 is 14.2. The summed E-state index contributed by atoms with van der Waals surface area (Å²) in [5, 5.41) is 0. The fourth-order valence-corrected chi connectivity index (χ4v) is 2.65. The smallest absolute Gasteiger partial charge is 0.332 e. The maximum Gasteiger partial charge on any atom is 0.332 e. The maximum absolute atomic E-state index is 12.3. The monoisotopic (exact) mass is 372 g/mol. The van der Waals surface area contributed by atoms with Crippen LogP contribution in [0.25, 0.3) is 11.2 Å². The van der Waals surface area contributed by atoms with Gasteiger partial charge < -0.3 is 14.0 Å². The number of imidazole rings is 1. The van der Waals surface area contributed by atoms with Gasteiger partial charge in [0.05, 0.1) is 6.33 Å². The third-order valence-corrected chi connectivity index (χ3v) is 4.15. The first-order chi connectivity index (χ1) is 12.9. The summed E-state index contributed by atoms with van der Waals surface area (Å²) in [6.45, 7) is 2.09. The highest BCUT2D eigenvalue weighted by atomic mass is 16.6. The fraction of sp³-hybridized carbons (Fsp3) is 0.333. The minimum atomic E-state index is -0.530. The Kier molecular flexibility index (Phi) is 5.11. The van der Waals surface area contributed by atoms with Crippen molar-refractivity contribution in [1.29, 1.82) is 0 Å². The Morgan fingerprint density at radius 1 is 1.07 bits per heavy atom. The second-order valence-corrected chi connectivity index (χ2v) is 6.13. The van der Waals surface area contributed by atoms with Crippen LogP contribution < -0.4 is 16.0 Å². The van der Waals surface area contributed by atoms with Crippen molar-refractivity contribution in [2.75, 3.05) is 13.2 Å². The van der Waals surface area contributed by atoms with Crippen molar-refractivity contribution in [3.63, 3.8) is 0 Å². The number of hydrogen-bond donors (Lipinski definition) is 0. The Morgan fingerprint density at radius 2 is 1.78 bits per heavy atom. The van der Waals surface area contributed by atoms with Crippen molar-refractivity contribution in [3.05, 3.63) is 57.0 Å². The maximum atomic E-state index is 12.3. The Bertz CT molecular complexity index is 1090. The molecule has 9 nitrogen and oxygen atoms in total. The van der Waals surface area contributed by atoms with E-state index in [1.165, 1.54) is 29.6 Å². The number of carbonyl (C=O) groups excluding carboxylic acids is 1. The number of aryl methyl sites for hydroxylation is 2. The average Bonchev–Trinajstić information content (AvgIpc) is 3.07. The van der Waals surface area contributed by atoms with Crippen molar-refractivity contribution in [2.45, 2.75) is 13.5 Å². The lowest BCUT2D eigenvalue weighted by Crippen LogP contribution is -2.37. The zero-order valence-corrected chi connectivity index (χ0v) is 15.3. The molecule has 0 aliphatic carbocycles. The molecule has 0 amide bonds. The van der Waals surface area contributed by atoms with Crippen molar-refractivity contribution >= 4 is 17.1 Å². The predicted octanol–water partition coefficient (Wildman–Crippen LogP) is 0.364. The van der Waals surface area contributed by atoms with Gasteiger partial charge in [0.25, 0.3) is 5.56 Å². The van der Waals surface area contributed by atoms with Gasteiger partial charge >= 0.3 is 11.7 Å². The Morgan fingerprint density at radius 3 is 2.48 bits per heavy atom. The predicted molar refractivity (Wildman–Crippen MR) is 97.8 cm³/mol. The summed E-state index contributed by atoms with van der Waals surface area (Å²) in [7, 11) is 2.89. The van der Waals surface area contributed by atoms with Gasteiger partial charge in [0.15, 0.2) is 11.2 Å². The molecule has 3 rings (SSSR count). The van der Waals surface area contributed by atoms with Gasteiger partial charge in [-0.2, -0.15) is 0 Å². The van der Waals surface area contributed by atoms with Gasteiger partial charge in [-0.15, -0.1) is 0 Å². The Balaban J connectivity index is 1.62. The molecule has 9 heteroatoms. The second-order valence-electron chi connectivity index (χ2n) is 6.13. The van der Waals surface area contributed by atoms with Crippen LogP contribution in [0.1, 0.15) is 5.56 Å².